The molecule has 0 fully saturated rings. The maximum Gasteiger partial charge on any atom is 0.244 e. The number of sulfonamides is 1. The topological polar surface area (TPSA) is 89.3 Å². The standard InChI is InChI=1S/C9H10BrFN2O3S/c1-5(9(12)14)13-17(15,16)8-3-2-6(10)4-7(8)11/h2-5,13H,1H3,(H2,12,14). The first-order chi connectivity index (χ1) is 7.74. The van der Waals surface area contributed by atoms with Crippen LogP contribution >= 0.6 is 15.9 Å². The zero-order valence-electron chi connectivity index (χ0n) is 8.78. The summed E-state index contributed by atoms with van der Waals surface area (Å²) in [5.41, 5.74) is 4.92. The van der Waals surface area contributed by atoms with Crippen molar-refractivity contribution in [1.82, 2.24) is 4.72 Å². The van der Waals surface area contributed by atoms with E-state index in [-0.39, 0.29) is 0 Å². The lowest BCUT2D eigenvalue weighted by atomic mass is 10.3. The van der Waals surface area contributed by atoms with E-state index >= 15 is 0 Å². The van der Waals surface area contributed by atoms with Crippen LogP contribution in [0, 0.1) is 5.82 Å². The van der Waals surface area contributed by atoms with Crippen LogP contribution in [0.2, 0.25) is 0 Å². The quantitative estimate of drug-likeness (QED) is 0.856. The molecule has 0 aliphatic carbocycles. The number of nitrogens with two attached hydrogens (primary N) is 1. The highest BCUT2D eigenvalue weighted by molar-refractivity contribution is 9.10. The van der Waals surface area contributed by atoms with E-state index in [4.69, 9.17) is 5.73 Å². The van der Waals surface area contributed by atoms with E-state index in [0.717, 1.165) is 12.1 Å². The monoisotopic (exact) mass is 324 g/mol. The van der Waals surface area contributed by atoms with Crippen LogP contribution in [0.1, 0.15) is 6.92 Å². The third-order valence-corrected chi connectivity index (χ3v) is 4.01. The Hall–Kier alpha value is -0.990. The Bertz CT molecular complexity index is 547. The lowest BCUT2D eigenvalue weighted by Crippen LogP contribution is -2.42. The molecule has 1 aromatic rings. The van der Waals surface area contributed by atoms with Gasteiger partial charge >= 0.3 is 0 Å². The highest BCUT2D eigenvalue weighted by Gasteiger charge is 2.23. The Morgan fingerprint density at radius 2 is 2.12 bits per heavy atom. The molecule has 0 aliphatic rings. The minimum absolute atomic E-state index is 0.414. The molecular formula is C9H10BrFN2O3S. The van der Waals surface area contributed by atoms with Gasteiger partial charge in [-0.2, -0.15) is 4.72 Å². The highest BCUT2D eigenvalue weighted by Crippen LogP contribution is 2.19. The Kier molecular flexibility index (Phi) is 4.23. The van der Waals surface area contributed by atoms with Gasteiger partial charge in [-0.15, -0.1) is 0 Å². The van der Waals surface area contributed by atoms with Gasteiger partial charge in [0.15, 0.2) is 0 Å². The van der Waals surface area contributed by atoms with Crippen LogP contribution in [0.25, 0.3) is 0 Å². The average molecular weight is 325 g/mol. The van der Waals surface area contributed by atoms with Crippen LogP contribution in [0.3, 0.4) is 0 Å². The molecule has 0 saturated heterocycles. The molecule has 3 N–H and O–H groups in total. The van der Waals surface area contributed by atoms with E-state index in [1.165, 1.54) is 13.0 Å². The zero-order valence-corrected chi connectivity index (χ0v) is 11.2. The molecule has 0 heterocycles. The SMILES string of the molecule is CC(NS(=O)(=O)c1ccc(Br)cc1F)C(N)=O. The zero-order chi connectivity index (χ0) is 13.2. The Morgan fingerprint density at radius 1 is 1.53 bits per heavy atom. The van der Waals surface area contributed by atoms with E-state index in [1.807, 2.05) is 4.72 Å². The number of halogens is 2. The van der Waals surface area contributed by atoms with Gasteiger partial charge in [-0.05, 0) is 25.1 Å². The van der Waals surface area contributed by atoms with Gasteiger partial charge in [0.25, 0.3) is 0 Å². The van der Waals surface area contributed by atoms with E-state index in [0.29, 0.717) is 4.47 Å². The number of amides is 1. The fourth-order valence-corrected chi connectivity index (χ4v) is 2.65. The molecule has 0 aromatic heterocycles. The summed E-state index contributed by atoms with van der Waals surface area (Å²) in [5.74, 6) is -1.75. The van der Waals surface area contributed by atoms with Crippen molar-refractivity contribution >= 4 is 31.9 Å². The van der Waals surface area contributed by atoms with E-state index in [9.17, 15) is 17.6 Å². The molecule has 0 saturated carbocycles. The molecular weight excluding hydrogens is 315 g/mol. The summed E-state index contributed by atoms with van der Waals surface area (Å²) in [6.07, 6.45) is 0. The Morgan fingerprint density at radius 3 is 2.59 bits per heavy atom. The molecule has 8 heteroatoms. The molecule has 0 aliphatic heterocycles. The van der Waals surface area contributed by atoms with Crippen molar-refractivity contribution in [1.29, 1.82) is 0 Å². The summed E-state index contributed by atoms with van der Waals surface area (Å²) in [5, 5.41) is 0. The van der Waals surface area contributed by atoms with Gasteiger partial charge in [0.2, 0.25) is 15.9 Å². The number of carbonyl (C=O) groups excluding carboxylic acids is 1. The maximum atomic E-state index is 13.4. The Balaban J connectivity index is 3.10. The number of hydrogen-bond acceptors (Lipinski definition) is 3. The minimum Gasteiger partial charge on any atom is -0.368 e. The van der Waals surface area contributed by atoms with Gasteiger partial charge in [0.1, 0.15) is 10.7 Å². The van der Waals surface area contributed by atoms with E-state index in [1.54, 1.807) is 0 Å². The second-order valence-corrected chi connectivity index (χ2v) is 5.92. The number of rotatable bonds is 4. The van der Waals surface area contributed by atoms with Crippen molar-refractivity contribution in [2.45, 2.75) is 17.9 Å². The normalized spacial score (nSPS) is 13.4. The third-order valence-electron chi connectivity index (χ3n) is 1.94. The van der Waals surface area contributed by atoms with E-state index in [2.05, 4.69) is 15.9 Å². The molecule has 1 rings (SSSR count). The van der Waals surface area contributed by atoms with Crippen LogP contribution in [0.4, 0.5) is 4.39 Å². The largest absolute Gasteiger partial charge is 0.368 e. The summed E-state index contributed by atoms with van der Waals surface area (Å²) in [6, 6.07) is 2.38. The van der Waals surface area contributed by atoms with Gasteiger partial charge < -0.3 is 5.73 Å². The summed E-state index contributed by atoms with van der Waals surface area (Å²) in [7, 11) is -4.10. The second-order valence-electron chi connectivity index (χ2n) is 3.32. The van der Waals surface area contributed by atoms with Crippen LogP contribution < -0.4 is 10.5 Å². The molecule has 0 radical (unpaired) electrons. The molecule has 1 amide bonds. The fraction of sp³-hybridized carbons (Fsp3) is 0.222. The third kappa shape index (κ3) is 3.48. The van der Waals surface area contributed by atoms with Crippen molar-refractivity contribution in [3.05, 3.63) is 28.5 Å². The lowest BCUT2D eigenvalue weighted by molar-refractivity contribution is -0.119. The first-order valence-corrected chi connectivity index (χ1v) is 6.78. The van der Waals surface area contributed by atoms with Gasteiger partial charge in [-0.25, -0.2) is 12.8 Å². The second kappa shape index (κ2) is 5.11. The summed E-state index contributed by atoms with van der Waals surface area (Å²) in [4.78, 5) is 10.2. The number of hydrogen-bond donors (Lipinski definition) is 2. The predicted octanol–water partition coefficient (Wildman–Crippen LogP) is 0.740. The molecule has 17 heavy (non-hydrogen) atoms. The van der Waals surface area contributed by atoms with Crippen molar-refractivity contribution in [2.24, 2.45) is 5.73 Å². The molecule has 1 atom stereocenters. The van der Waals surface area contributed by atoms with Crippen LogP contribution in [0.5, 0.6) is 0 Å². The molecule has 0 spiro atoms. The first kappa shape index (κ1) is 14.1. The smallest absolute Gasteiger partial charge is 0.244 e. The van der Waals surface area contributed by atoms with Crippen molar-refractivity contribution in [3.63, 3.8) is 0 Å². The predicted molar refractivity (Wildman–Crippen MR) is 63.1 cm³/mol. The number of carbonyl (C=O) groups is 1. The van der Waals surface area contributed by atoms with Gasteiger partial charge in [0.05, 0.1) is 6.04 Å². The first-order valence-electron chi connectivity index (χ1n) is 4.51. The van der Waals surface area contributed by atoms with Crippen LogP contribution in [-0.4, -0.2) is 20.4 Å². The number of benzene rings is 1. The summed E-state index contributed by atoms with van der Waals surface area (Å²) in [6.45, 7) is 1.27. The van der Waals surface area contributed by atoms with Gasteiger partial charge in [0, 0.05) is 4.47 Å². The van der Waals surface area contributed by atoms with Crippen molar-refractivity contribution in [3.8, 4) is 0 Å². The van der Waals surface area contributed by atoms with Gasteiger partial charge in [-0.3, -0.25) is 4.79 Å². The summed E-state index contributed by atoms with van der Waals surface area (Å²) >= 11 is 3.01. The van der Waals surface area contributed by atoms with Crippen LogP contribution in [0.15, 0.2) is 27.6 Å². The summed E-state index contributed by atoms with van der Waals surface area (Å²) < 4.78 is 39.2. The number of primary amides is 1. The van der Waals surface area contributed by atoms with Crippen molar-refractivity contribution in [2.75, 3.05) is 0 Å². The lowest BCUT2D eigenvalue weighted by Gasteiger charge is -2.11. The molecule has 0 bridgehead atoms. The molecule has 1 unspecified atom stereocenters. The molecule has 1 aromatic carbocycles. The van der Waals surface area contributed by atoms with Crippen LogP contribution in [-0.2, 0) is 14.8 Å². The van der Waals surface area contributed by atoms with E-state index < -0.39 is 32.7 Å². The maximum absolute atomic E-state index is 13.4. The molecule has 5 nitrogen and oxygen atoms in total. The minimum atomic E-state index is -4.10. The van der Waals surface area contributed by atoms with Crippen molar-refractivity contribution < 1.29 is 17.6 Å². The molecule has 94 valence electrons. The average Bonchev–Trinajstić information content (AvgIpc) is 2.15. The highest BCUT2D eigenvalue weighted by atomic mass is 79.9. The van der Waals surface area contributed by atoms with Gasteiger partial charge in [-0.1, -0.05) is 15.9 Å². The Labute approximate surface area is 106 Å². The number of nitrogens with one attached hydrogen (secondary N) is 1. The fourth-order valence-electron chi connectivity index (χ4n) is 1.05.